The molecule has 184 valence electrons. The van der Waals surface area contributed by atoms with Crippen LogP contribution in [0, 0.1) is 11.6 Å². The molecule has 0 aliphatic carbocycles. The number of hydrogen-bond acceptors (Lipinski definition) is 3. The van der Waals surface area contributed by atoms with Gasteiger partial charge in [0.05, 0.1) is 22.8 Å². The molecule has 0 atom stereocenters. The fourth-order valence-corrected chi connectivity index (χ4v) is 4.92. The summed E-state index contributed by atoms with van der Waals surface area (Å²) in [6, 6.07) is 18.3. The largest absolute Gasteiger partial charge is 0.392 e. The van der Waals surface area contributed by atoms with E-state index < -0.39 is 0 Å². The Kier molecular flexibility index (Phi) is 9.36. The first-order valence-electron chi connectivity index (χ1n) is 10.8. The second-order valence-corrected chi connectivity index (χ2v) is 10.1. The first kappa shape index (κ1) is 27.2. The second kappa shape index (κ2) is 12.0. The van der Waals surface area contributed by atoms with Crippen LogP contribution in [-0.2, 0) is 24.8 Å². The van der Waals surface area contributed by atoms with Gasteiger partial charge in [-0.15, -0.1) is 0 Å². The Balaban J connectivity index is 0.000000420. The van der Waals surface area contributed by atoms with Gasteiger partial charge in [0, 0.05) is 29.5 Å². The maximum absolute atomic E-state index is 14.2. The van der Waals surface area contributed by atoms with Gasteiger partial charge in [0.25, 0.3) is 0 Å². The number of nitrogens with zero attached hydrogens (tertiary/aromatic N) is 2. The van der Waals surface area contributed by atoms with Crippen molar-refractivity contribution in [1.82, 2.24) is 9.55 Å². The summed E-state index contributed by atoms with van der Waals surface area (Å²) < 4.78 is 28.1. The fourth-order valence-electron chi connectivity index (χ4n) is 3.60. The summed E-state index contributed by atoms with van der Waals surface area (Å²) in [5.41, 5.74) is 2.78. The van der Waals surface area contributed by atoms with Crippen LogP contribution in [0.3, 0.4) is 0 Å². The van der Waals surface area contributed by atoms with Crippen molar-refractivity contribution in [2.45, 2.75) is 36.8 Å². The number of imidazole rings is 1. The van der Waals surface area contributed by atoms with Crippen LogP contribution in [0.4, 0.5) is 8.78 Å². The van der Waals surface area contributed by atoms with Crippen LogP contribution in [0.1, 0.15) is 36.2 Å². The number of benzene rings is 3. The molecular formula is C27H26Cl2F2N2OS. The van der Waals surface area contributed by atoms with Crippen LogP contribution in [0.25, 0.3) is 0 Å². The Morgan fingerprint density at radius 2 is 1.69 bits per heavy atom. The monoisotopic (exact) mass is 534 g/mol. The molecule has 0 spiro atoms. The molecule has 1 N–H and O–H groups in total. The van der Waals surface area contributed by atoms with Gasteiger partial charge in [-0.1, -0.05) is 85.2 Å². The third kappa shape index (κ3) is 6.64. The van der Waals surface area contributed by atoms with Gasteiger partial charge >= 0.3 is 0 Å². The molecule has 0 aliphatic heterocycles. The third-order valence-electron chi connectivity index (χ3n) is 5.69. The molecule has 4 rings (SSSR count). The molecule has 4 aromatic rings. The smallest absolute Gasteiger partial charge is 0.168 e. The van der Waals surface area contributed by atoms with Crippen LogP contribution in [0.15, 0.2) is 78.1 Å². The number of halogens is 4. The summed E-state index contributed by atoms with van der Waals surface area (Å²) in [4.78, 5) is 4.53. The van der Waals surface area contributed by atoms with Crippen molar-refractivity contribution >= 4 is 35.0 Å². The van der Waals surface area contributed by atoms with Crippen LogP contribution in [0.5, 0.6) is 0 Å². The van der Waals surface area contributed by atoms with Crippen LogP contribution < -0.4 is 0 Å². The first-order valence-corrected chi connectivity index (χ1v) is 12.6. The zero-order chi connectivity index (χ0) is 25.6. The highest BCUT2D eigenvalue weighted by Crippen LogP contribution is 2.36. The third-order valence-corrected chi connectivity index (χ3v) is 7.50. The van der Waals surface area contributed by atoms with Gasteiger partial charge in [-0.05, 0) is 41.5 Å². The highest BCUT2D eigenvalue weighted by Gasteiger charge is 2.28. The van der Waals surface area contributed by atoms with E-state index in [4.69, 9.17) is 23.2 Å². The van der Waals surface area contributed by atoms with E-state index in [9.17, 15) is 13.9 Å². The summed E-state index contributed by atoms with van der Waals surface area (Å²) in [6.45, 7) is 4.00. The molecule has 0 unspecified atom stereocenters. The summed E-state index contributed by atoms with van der Waals surface area (Å²) in [6.07, 6.45) is 1.83. The van der Waals surface area contributed by atoms with Gasteiger partial charge in [-0.3, -0.25) is 0 Å². The predicted octanol–water partition coefficient (Wildman–Crippen LogP) is 7.80. The van der Waals surface area contributed by atoms with E-state index in [2.05, 4.69) is 18.8 Å². The van der Waals surface area contributed by atoms with Gasteiger partial charge in [-0.25, -0.2) is 13.8 Å². The van der Waals surface area contributed by atoms with Gasteiger partial charge < -0.3 is 9.67 Å². The molecular weight excluding hydrogens is 509 g/mol. The van der Waals surface area contributed by atoms with Crippen molar-refractivity contribution in [2.24, 2.45) is 7.05 Å². The summed E-state index contributed by atoms with van der Waals surface area (Å²) >= 11 is 13.7. The Bertz CT molecular complexity index is 1280. The van der Waals surface area contributed by atoms with E-state index in [0.29, 0.717) is 26.9 Å². The number of aliphatic hydroxyl groups is 1. The summed E-state index contributed by atoms with van der Waals surface area (Å²) in [5, 5.41) is 11.3. The molecule has 0 saturated heterocycles. The van der Waals surface area contributed by atoms with E-state index in [1.165, 1.54) is 30.0 Å². The highest BCUT2D eigenvalue weighted by atomic mass is 35.5. The molecule has 35 heavy (non-hydrogen) atoms. The predicted molar refractivity (Wildman–Crippen MR) is 140 cm³/mol. The van der Waals surface area contributed by atoms with Gasteiger partial charge in [-0.2, -0.15) is 0 Å². The Hall–Kier alpha value is -2.38. The topological polar surface area (TPSA) is 38.0 Å². The lowest BCUT2D eigenvalue weighted by molar-refractivity contribution is 0.280. The lowest BCUT2D eigenvalue weighted by Gasteiger charge is -2.26. The van der Waals surface area contributed by atoms with Crippen LogP contribution in [0.2, 0.25) is 10.0 Å². The number of aromatic nitrogens is 2. The van der Waals surface area contributed by atoms with Crippen molar-refractivity contribution in [3.63, 3.8) is 0 Å². The quantitative estimate of drug-likeness (QED) is 0.256. The van der Waals surface area contributed by atoms with E-state index in [0.717, 1.165) is 16.4 Å². The molecule has 3 aromatic carbocycles. The molecule has 0 bridgehead atoms. The lowest BCUT2D eigenvalue weighted by Crippen LogP contribution is -2.22. The van der Waals surface area contributed by atoms with Crippen LogP contribution in [-0.4, -0.2) is 14.7 Å². The minimum atomic E-state index is -0.344. The fraction of sp³-hybridized carbons (Fsp3) is 0.222. The maximum atomic E-state index is 14.2. The minimum absolute atomic E-state index is 0.178. The molecule has 0 amide bonds. The van der Waals surface area contributed by atoms with E-state index in [1.807, 2.05) is 29.9 Å². The van der Waals surface area contributed by atoms with Crippen LogP contribution >= 0.6 is 35.0 Å². The molecule has 3 nitrogen and oxygen atoms in total. The Labute approximate surface area is 218 Å². The molecule has 0 aliphatic rings. The zero-order valence-corrected chi connectivity index (χ0v) is 21.9. The maximum Gasteiger partial charge on any atom is 0.168 e. The molecule has 0 saturated carbocycles. The van der Waals surface area contributed by atoms with Gasteiger partial charge in [0.15, 0.2) is 5.16 Å². The van der Waals surface area contributed by atoms with Crippen molar-refractivity contribution in [3.8, 4) is 0 Å². The molecule has 1 aromatic heterocycles. The van der Waals surface area contributed by atoms with E-state index >= 15 is 0 Å². The van der Waals surface area contributed by atoms with E-state index in [-0.39, 0.29) is 23.7 Å². The first-order chi connectivity index (χ1) is 16.6. The van der Waals surface area contributed by atoms with Crippen molar-refractivity contribution in [1.29, 1.82) is 0 Å². The number of aliphatic hydroxyl groups excluding tert-OH is 1. The van der Waals surface area contributed by atoms with Gasteiger partial charge in [0.2, 0.25) is 0 Å². The minimum Gasteiger partial charge on any atom is -0.392 e. The zero-order valence-electron chi connectivity index (χ0n) is 19.6. The summed E-state index contributed by atoms with van der Waals surface area (Å²) in [7, 11) is 1.94. The molecule has 1 heterocycles. The lowest BCUT2D eigenvalue weighted by atomic mass is 9.82. The SMILES string of the molecule is Cn1c(C(C)(C)c2ccc(Cl)c(Cl)c2)cnc1SCc1c(F)cccc1CO.Fc1ccccc1. The van der Waals surface area contributed by atoms with Crippen molar-refractivity contribution in [3.05, 3.63) is 117 Å². The number of thioether (sulfide) groups is 1. The Morgan fingerprint density at radius 3 is 2.29 bits per heavy atom. The standard InChI is InChI=1S/C21H21Cl2FN2OS.C6H5F/c1-21(2,14-7-8-16(22)17(23)9-14)19-10-25-20(26(19)3)28-12-15-13(11-27)5-4-6-18(15)24;7-6-4-2-1-3-5-6/h4-10,27H,11-12H2,1-3H3;1-5H. The number of hydrogen-bond donors (Lipinski definition) is 1. The summed E-state index contributed by atoms with van der Waals surface area (Å²) in [5.74, 6) is -0.104. The highest BCUT2D eigenvalue weighted by molar-refractivity contribution is 7.98. The normalized spacial score (nSPS) is 11.2. The van der Waals surface area contributed by atoms with E-state index in [1.54, 1.807) is 36.4 Å². The molecule has 0 fully saturated rings. The number of rotatable bonds is 6. The average molecular weight is 535 g/mol. The Morgan fingerprint density at radius 1 is 0.971 bits per heavy atom. The van der Waals surface area contributed by atoms with Crippen molar-refractivity contribution in [2.75, 3.05) is 0 Å². The van der Waals surface area contributed by atoms with Crippen molar-refractivity contribution < 1.29 is 13.9 Å². The average Bonchev–Trinajstić information content (AvgIpc) is 3.21. The second-order valence-electron chi connectivity index (χ2n) is 8.36. The molecule has 8 heteroatoms. The molecule has 0 radical (unpaired) electrons. The van der Waals surface area contributed by atoms with Gasteiger partial charge in [0.1, 0.15) is 11.6 Å².